The van der Waals surface area contributed by atoms with E-state index < -0.39 is 0 Å². The Morgan fingerprint density at radius 1 is 1.10 bits per heavy atom. The molecule has 1 aromatic carbocycles. The van der Waals surface area contributed by atoms with Crippen molar-refractivity contribution in [1.82, 2.24) is 29.3 Å². The van der Waals surface area contributed by atoms with Crippen LogP contribution in [0.4, 0.5) is 5.82 Å². The molecule has 0 atom stereocenters. The molecule has 7 nitrogen and oxygen atoms in total. The summed E-state index contributed by atoms with van der Waals surface area (Å²) in [6, 6.07) is 8.17. The predicted octanol–water partition coefficient (Wildman–Crippen LogP) is 3.39. The molecule has 29 heavy (non-hydrogen) atoms. The summed E-state index contributed by atoms with van der Waals surface area (Å²) < 4.78 is 2.60. The standard InChI is InChI=1S/C20H26ClN7S/c1-22-18-17-19(25-20(29)24-18)23-14-28(17)8-2-7-26-9-11-27(12-10-26)13-15-3-5-16(21)6-4-15/h3-6,14H,2,7-13H2,1H3,(H2,22,24,25,29). The number of fused-ring (bicyclic) bond motifs is 1. The average Bonchev–Trinajstić information content (AvgIpc) is 3.13. The van der Waals surface area contributed by atoms with Gasteiger partial charge >= 0.3 is 0 Å². The lowest BCUT2D eigenvalue weighted by Crippen LogP contribution is -2.46. The number of aromatic amines is 1. The van der Waals surface area contributed by atoms with Gasteiger partial charge in [-0.25, -0.2) is 9.97 Å². The smallest absolute Gasteiger partial charge is 0.200 e. The molecule has 1 aliphatic rings. The predicted molar refractivity (Wildman–Crippen MR) is 120 cm³/mol. The Bertz CT molecular complexity index is 1010. The molecule has 0 spiro atoms. The Hall–Kier alpha value is -2.00. The van der Waals surface area contributed by atoms with Crippen molar-refractivity contribution < 1.29 is 0 Å². The fraction of sp³-hybridized carbons (Fsp3) is 0.450. The van der Waals surface area contributed by atoms with E-state index in [-0.39, 0.29) is 0 Å². The van der Waals surface area contributed by atoms with E-state index in [0.29, 0.717) is 4.77 Å². The van der Waals surface area contributed by atoms with Gasteiger partial charge in [0.05, 0.1) is 6.33 Å². The normalized spacial score (nSPS) is 15.8. The number of nitrogens with one attached hydrogen (secondary N) is 2. The fourth-order valence-corrected chi connectivity index (χ4v) is 4.15. The summed E-state index contributed by atoms with van der Waals surface area (Å²) >= 11 is 11.1. The summed E-state index contributed by atoms with van der Waals surface area (Å²) in [6.45, 7) is 7.39. The highest BCUT2D eigenvalue weighted by Crippen LogP contribution is 2.19. The highest BCUT2D eigenvalue weighted by atomic mass is 35.5. The Morgan fingerprint density at radius 2 is 1.83 bits per heavy atom. The van der Waals surface area contributed by atoms with Gasteiger partial charge in [0.15, 0.2) is 11.5 Å². The van der Waals surface area contributed by atoms with Crippen LogP contribution in [-0.4, -0.2) is 69.1 Å². The van der Waals surface area contributed by atoms with Gasteiger partial charge in [0, 0.05) is 51.3 Å². The first-order valence-electron chi connectivity index (χ1n) is 9.94. The molecule has 9 heteroatoms. The first kappa shape index (κ1) is 20.3. The van der Waals surface area contributed by atoms with Gasteiger partial charge in [0.25, 0.3) is 0 Å². The molecular formula is C20H26ClN7S. The largest absolute Gasteiger partial charge is 0.371 e. The zero-order chi connectivity index (χ0) is 20.2. The van der Waals surface area contributed by atoms with Crippen molar-refractivity contribution >= 4 is 40.8 Å². The van der Waals surface area contributed by atoms with Crippen LogP contribution in [0, 0.1) is 4.77 Å². The number of H-pyrrole nitrogens is 1. The van der Waals surface area contributed by atoms with Crippen LogP contribution in [0.2, 0.25) is 5.02 Å². The average molecular weight is 432 g/mol. The number of hydrogen-bond donors (Lipinski definition) is 2. The topological polar surface area (TPSA) is 65.0 Å². The molecule has 0 aliphatic carbocycles. The van der Waals surface area contributed by atoms with Crippen molar-refractivity contribution in [3.8, 4) is 0 Å². The number of benzene rings is 1. The van der Waals surface area contributed by atoms with Crippen molar-refractivity contribution in [2.24, 2.45) is 0 Å². The molecule has 1 aliphatic heterocycles. The molecule has 2 N–H and O–H groups in total. The molecule has 0 amide bonds. The van der Waals surface area contributed by atoms with Crippen LogP contribution in [0.5, 0.6) is 0 Å². The zero-order valence-corrected chi connectivity index (χ0v) is 18.1. The summed E-state index contributed by atoms with van der Waals surface area (Å²) in [7, 11) is 1.86. The number of aromatic nitrogens is 4. The molecule has 0 saturated carbocycles. The molecule has 2 aromatic heterocycles. The monoisotopic (exact) mass is 431 g/mol. The molecule has 1 fully saturated rings. The molecular weight excluding hydrogens is 406 g/mol. The quantitative estimate of drug-likeness (QED) is 0.559. The van der Waals surface area contributed by atoms with Crippen molar-refractivity contribution in [2.75, 3.05) is 45.1 Å². The van der Waals surface area contributed by atoms with Crippen molar-refractivity contribution in [2.45, 2.75) is 19.5 Å². The van der Waals surface area contributed by atoms with Crippen molar-refractivity contribution in [3.05, 3.63) is 45.9 Å². The number of hydrogen-bond acceptors (Lipinski definition) is 6. The van der Waals surface area contributed by atoms with Crippen LogP contribution in [0.25, 0.3) is 11.2 Å². The van der Waals surface area contributed by atoms with Gasteiger partial charge in [-0.1, -0.05) is 23.7 Å². The third kappa shape index (κ3) is 4.95. The molecule has 1 saturated heterocycles. The second kappa shape index (κ2) is 9.21. The lowest BCUT2D eigenvalue weighted by molar-refractivity contribution is 0.125. The maximum Gasteiger partial charge on any atom is 0.200 e. The van der Waals surface area contributed by atoms with Crippen LogP contribution in [-0.2, 0) is 13.1 Å². The number of piperazine rings is 1. The molecule has 3 heterocycles. The minimum Gasteiger partial charge on any atom is -0.371 e. The maximum atomic E-state index is 5.98. The van der Waals surface area contributed by atoms with Gasteiger partial charge in [-0.05, 0) is 42.9 Å². The second-order valence-corrected chi connectivity index (χ2v) is 8.20. The maximum absolute atomic E-state index is 5.98. The van der Waals surface area contributed by atoms with E-state index in [1.807, 2.05) is 25.5 Å². The van der Waals surface area contributed by atoms with Gasteiger partial charge in [0.2, 0.25) is 4.77 Å². The lowest BCUT2D eigenvalue weighted by atomic mass is 10.2. The Kier molecular flexibility index (Phi) is 6.44. The summed E-state index contributed by atoms with van der Waals surface area (Å²) in [5, 5.41) is 3.92. The number of nitrogens with zero attached hydrogens (tertiary/aromatic N) is 5. The Balaban J connectivity index is 1.26. The van der Waals surface area contributed by atoms with Crippen LogP contribution in [0.15, 0.2) is 30.6 Å². The number of anilines is 1. The van der Waals surface area contributed by atoms with Crippen LogP contribution >= 0.6 is 23.8 Å². The lowest BCUT2D eigenvalue weighted by Gasteiger charge is -2.34. The van der Waals surface area contributed by atoms with Crippen molar-refractivity contribution in [3.63, 3.8) is 0 Å². The van der Waals surface area contributed by atoms with E-state index in [4.69, 9.17) is 23.8 Å². The first-order valence-corrected chi connectivity index (χ1v) is 10.7. The molecule has 4 rings (SSSR count). The minimum atomic E-state index is 0.448. The van der Waals surface area contributed by atoms with E-state index in [1.165, 1.54) is 5.56 Å². The Labute approximate surface area is 180 Å². The van der Waals surface area contributed by atoms with Gasteiger partial charge in [-0.3, -0.25) is 4.90 Å². The number of halogens is 1. The highest BCUT2D eigenvalue weighted by molar-refractivity contribution is 7.71. The number of imidazole rings is 1. The van der Waals surface area contributed by atoms with E-state index in [1.54, 1.807) is 0 Å². The zero-order valence-electron chi connectivity index (χ0n) is 16.6. The number of rotatable bonds is 7. The van der Waals surface area contributed by atoms with Crippen molar-refractivity contribution in [1.29, 1.82) is 0 Å². The number of aryl methyl sites for hydroxylation is 1. The van der Waals surface area contributed by atoms with E-state index in [2.05, 4.69) is 46.8 Å². The molecule has 0 radical (unpaired) electrons. The summed E-state index contributed by atoms with van der Waals surface area (Å²) in [6.07, 6.45) is 2.93. The van der Waals surface area contributed by atoms with Gasteiger partial charge in [-0.15, -0.1) is 0 Å². The molecule has 0 bridgehead atoms. The van der Waals surface area contributed by atoms with E-state index in [9.17, 15) is 0 Å². The van der Waals surface area contributed by atoms with Gasteiger partial charge < -0.3 is 19.8 Å². The van der Waals surface area contributed by atoms with Gasteiger partial charge in [-0.2, -0.15) is 0 Å². The highest BCUT2D eigenvalue weighted by Gasteiger charge is 2.17. The summed E-state index contributed by atoms with van der Waals surface area (Å²) in [4.78, 5) is 16.9. The minimum absolute atomic E-state index is 0.448. The third-order valence-electron chi connectivity index (χ3n) is 5.40. The van der Waals surface area contributed by atoms with Crippen LogP contribution < -0.4 is 5.32 Å². The molecule has 0 unspecified atom stereocenters. The van der Waals surface area contributed by atoms with E-state index in [0.717, 1.165) is 74.2 Å². The van der Waals surface area contributed by atoms with Gasteiger partial charge in [0.1, 0.15) is 5.52 Å². The molecule has 3 aromatic rings. The Morgan fingerprint density at radius 3 is 2.55 bits per heavy atom. The van der Waals surface area contributed by atoms with E-state index >= 15 is 0 Å². The molecule has 154 valence electrons. The van der Waals surface area contributed by atoms with Crippen LogP contribution in [0.1, 0.15) is 12.0 Å². The second-order valence-electron chi connectivity index (χ2n) is 7.37. The fourth-order valence-electron chi connectivity index (χ4n) is 3.83. The summed E-state index contributed by atoms with van der Waals surface area (Å²) in [5.74, 6) is 0.775. The SMILES string of the molecule is CNc1nc(=S)[nH]c2ncn(CCCN3CCN(Cc4ccc(Cl)cc4)CC3)c12. The third-order valence-corrected chi connectivity index (χ3v) is 5.84. The summed E-state index contributed by atoms with van der Waals surface area (Å²) in [5.41, 5.74) is 3.09. The first-order chi connectivity index (χ1) is 14.1. The van der Waals surface area contributed by atoms with Crippen LogP contribution in [0.3, 0.4) is 0 Å².